The fourth-order valence-electron chi connectivity index (χ4n) is 4.50. The molecule has 4 nitrogen and oxygen atoms in total. The van der Waals surface area contributed by atoms with Gasteiger partial charge in [-0.1, -0.05) is 74.9 Å². The van der Waals surface area contributed by atoms with Crippen LogP contribution in [0.15, 0.2) is 78.9 Å². The largest absolute Gasteiger partial charge is 0.494 e. The Labute approximate surface area is 203 Å². The Morgan fingerprint density at radius 2 is 1.59 bits per heavy atom. The molecule has 0 bridgehead atoms. The number of nitrogens with zero attached hydrogens (tertiary/aromatic N) is 1. The van der Waals surface area contributed by atoms with E-state index in [1.807, 2.05) is 54.3 Å². The van der Waals surface area contributed by atoms with Crippen molar-refractivity contribution in [1.29, 1.82) is 0 Å². The van der Waals surface area contributed by atoms with Crippen LogP contribution < -0.4 is 15.4 Å². The minimum absolute atomic E-state index is 0.0253. The molecular formula is C30H36N2O2. The molecule has 3 aromatic rings. The zero-order valence-corrected chi connectivity index (χ0v) is 20.5. The van der Waals surface area contributed by atoms with Gasteiger partial charge in [0.1, 0.15) is 5.75 Å². The molecule has 1 aliphatic rings. The third-order valence-electron chi connectivity index (χ3n) is 7.05. The van der Waals surface area contributed by atoms with E-state index in [2.05, 4.69) is 50.2 Å². The number of amides is 1. The molecule has 0 aromatic heterocycles. The van der Waals surface area contributed by atoms with Gasteiger partial charge in [-0.05, 0) is 66.1 Å². The molecular weight excluding hydrogens is 420 g/mol. The van der Waals surface area contributed by atoms with Crippen LogP contribution in [0.2, 0.25) is 0 Å². The number of nitrogens with two attached hydrogens (primary N) is 1. The predicted molar refractivity (Wildman–Crippen MR) is 140 cm³/mol. The lowest BCUT2D eigenvalue weighted by atomic mass is 9.98. The Morgan fingerprint density at radius 3 is 2.18 bits per heavy atom. The van der Waals surface area contributed by atoms with Crippen LogP contribution in [0.25, 0.3) is 11.1 Å². The molecule has 4 atom stereocenters. The molecule has 2 N–H and O–H groups in total. The van der Waals surface area contributed by atoms with Gasteiger partial charge in [-0.3, -0.25) is 4.79 Å². The van der Waals surface area contributed by atoms with Crippen LogP contribution in [0.5, 0.6) is 5.75 Å². The van der Waals surface area contributed by atoms with Crippen molar-refractivity contribution in [1.82, 2.24) is 0 Å². The molecule has 0 aliphatic heterocycles. The summed E-state index contributed by atoms with van der Waals surface area (Å²) in [6.45, 7) is 7.48. The number of carbonyl (C=O) groups is 1. The maximum Gasteiger partial charge on any atom is 0.230 e. The summed E-state index contributed by atoms with van der Waals surface area (Å²) in [5, 5.41) is 0. The number of anilines is 1. The summed E-state index contributed by atoms with van der Waals surface area (Å²) >= 11 is 0. The van der Waals surface area contributed by atoms with Crippen molar-refractivity contribution in [2.24, 2.45) is 17.6 Å². The Balaban J connectivity index is 1.54. The van der Waals surface area contributed by atoms with E-state index in [1.54, 1.807) is 0 Å². The smallest absolute Gasteiger partial charge is 0.230 e. The highest BCUT2D eigenvalue weighted by Crippen LogP contribution is 2.49. The highest BCUT2D eigenvalue weighted by Gasteiger charge is 2.46. The predicted octanol–water partition coefficient (Wildman–Crippen LogP) is 6.26. The molecule has 34 heavy (non-hydrogen) atoms. The third kappa shape index (κ3) is 5.51. The van der Waals surface area contributed by atoms with Gasteiger partial charge in [0.25, 0.3) is 0 Å². The zero-order chi connectivity index (χ0) is 24.1. The van der Waals surface area contributed by atoms with Gasteiger partial charge in [-0.2, -0.15) is 0 Å². The fraction of sp³-hybridized carbons (Fsp3) is 0.367. The zero-order valence-electron chi connectivity index (χ0n) is 20.5. The van der Waals surface area contributed by atoms with Crippen LogP contribution >= 0.6 is 0 Å². The second-order valence-corrected chi connectivity index (χ2v) is 9.36. The Bertz CT molecular complexity index is 1060. The van der Waals surface area contributed by atoms with Gasteiger partial charge in [0, 0.05) is 24.2 Å². The normalized spacial score (nSPS) is 18.7. The quantitative estimate of drug-likeness (QED) is 0.392. The number of hydrogen-bond donors (Lipinski definition) is 1. The molecule has 3 aromatic carbocycles. The van der Waals surface area contributed by atoms with Gasteiger partial charge in [-0.25, -0.2) is 0 Å². The third-order valence-corrected chi connectivity index (χ3v) is 7.05. The summed E-state index contributed by atoms with van der Waals surface area (Å²) in [7, 11) is 0. The van der Waals surface area contributed by atoms with Crippen LogP contribution in [-0.4, -0.2) is 25.1 Å². The van der Waals surface area contributed by atoms with Gasteiger partial charge in [0.2, 0.25) is 5.91 Å². The topological polar surface area (TPSA) is 55.6 Å². The molecule has 1 fully saturated rings. The minimum atomic E-state index is -0.0614. The standard InChI is InChI=1S/C30H36N2O2/c1-4-21(3)29(31)20-32(30(33)28-19-27(28)24-9-7-6-8-10-24)25-15-11-22(12-16-25)23-13-17-26(18-14-23)34-5-2/h6-18,21,27-29H,4-5,19-20,31H2,1-3H3/t21-,27-,28+,29+/m0/s1. The van der Waals surface area contributed by atoms with Crippen LogP contribution in [0, 0.1) is 11.8 Å². The maximum absolute atomic E-state index is 13.6. The van der Waals surface area contributed by atoms with Gasteiger partial charge >= 0.3 is 0 Å². The number of hydrogen-bond acceptors (Lipinski definition) is 3. The molecule has 0 spiro atoms. The summed E-state index contributed by atoms with van der Waals surface area (Å²) < 4.78 is 5.55. The first-order chi connectivity index (χ1) is 16.5. The highest BCUT2D eigenvalue weighted by atomic mass is 16.5. The second kappa shape index (κ2) is 10.9. The fourth-order valence-corrected chi connectivity index (χ4v) is 4.50. The van der Waals surface area contributed by atoms with Gasteiger partial charge < -0.3 is 15.4 Å². The summed E-state index contributed by atoms with van der Waals surface area (Å²) in [4.78, 5) is 15.6. The van der Waals surface area contributed by atoms with Crippen LogP contribution in [0.4, 0.5) is 5.69 Å². The van der Waals surface area contributed by atoms with Crippen molar-refractivity contribution in [3.05, 3.63) is 84.4 Å². The van der Waals surface area contributed by atoms with Crippen LogP contribution in [-0.2, 0) is 4.79 Å². The summed E-state index contributed by atoms with van der Waals surface area (Å²) in [5.41, 5.74) is 10.9. The average molecular weight is 457 g/mol. The molecule has 4 heteroatoms. The molecule has 0 unspecified atom stereocenters. The number of rotatable bonds is 10. The molecule has 1 amide bonds. The molecule has 0 saturated heterocycles. The molecule has 1 saturated carbocycles. The monoisotopic (exact) mass is 456 g/mol. The van der Waals surface area contributed by atoms with Gasteiger partial charge in [0.15, 0.2) is 0 Å². The molecule has 4 rings (SSSR count). The number of ether oxygens (including phenoxy) is 1. The summed E-state index contributed by atoms with van der Waals surface area (Å²) in [6.07, 6.45) is 1.90. The first-order valence-electron chi connectivity index (χ1n) is 12.5. The van der Waals surface area contributed by atoms with E-state index in [0.29, 0.717) is 25.0 Å². The first-order valence-corrected chi connectivity index (χ1v) is 12.5. The lowest BCUT2D eigenvalue weighted by Gasteiger charge is -2.29. The van der Waals surface area contributed by atoms with Crippen LogP contribution in [0.1, 0.15) is 45.1 Å². The van der Waals surface area contributed by atoms with Crippen molar-refractivity contribution in [2.45, 2.75) is 45.6 Å². The minimum Gasteiger partial charge on any atom is -0.494 e. The van der Waals surface area contributed by atoms with Crippen LogP contribution in [0.3, 0.4) is 0 Å². The number of benzene rings is 3. The lowest BCUT2D eigenvalue weighted by molar-refractivity contribution is -0.120. The van der Waals surface area contributed by atoms with E-state index < -0.39 is 0 Å². The second-order valence-electron chi connectivity index (χ2n) is 9.36. The molecule has 178 valence electrons. The molecule has 0 heterocycles. The van der Waals surface area contributed by atoms with E-state index >= 15 is 0 Å². The van der Waals surface area contributed by atoms with Gasteiger partial charge in [0.05, 0.1) is 6.61 Å². The van der Waals surface area contributed by atoms with E-state index in [4.69, 9.17) is 10.5 Å². The van der Waals surface area contributed by atoms with Crippen molar-refractivity contribution < 1.29 is 9.53 Å². The van der Waals surface area contributed by atoms with Crippen molar-refractivity contribution in [2.75, 3.05) is 18.1 Å². The maximum atomic E-state index is 13.6. The highest BCUT2D eigenvalue weighted by molar-refractivity contribution is 5.97. The molecule has 0 radical (unpaired) electrons. The Kier molecular flexibility index (Phi) is 7.69. The first kappa shape index (κ1) is 24.0. The SMILES string of the molecule is CCOc1ccc(-c2ccc(N(C[C@@H](N)[C@@H](C)CC)C(=O)[C@@H]3C[C@H]3c3ccccc3)cc2)cc1. The van der Waals surface area contributed by atoms with E-state index in [-0.39, 0.29) is 17.9 Å². The summed E-state index contributed by atoms with van der Waals surface area (Å²) in [5.74, 6) is 1.73. The summed E-state index contributed by atoms with van der Waals surface area (Å²) in [6, 6.07) is 26.7. The average Bonchev–Trinajstić information content (AvgIpc) is 3.69. The Morgan fingerprint density at radius 1 is 0.971 bits per heavy atom. The van der Waals surface area contributed by atoms with Crippen molar-refractivity contribution in [3.63, 3.8) is 0 Å². The van der Waals surface area contributed by atoms with Crippen molar-refractivity contribution in [3.8, 4) is 16.9 Å². The lowest BCUT2D eigenvalue weighted by Crippen LogP contribution is -2.45. The Hall–Kier alpha value is -3.11. The van der Waals surface area contributed by atoms with Crippen molar-refractivity contribution >= 4 is 11.6 Å². The molecule has 1 aliphatic carbocycles. The van der Waals surface area contributed by atoms with E-state index in [1.165, 1.54) is 5.56 Å². The van der Waals surface area contributed by atoms with E-state index in [9.17, 15) is 4.79 Å². The van der Waals surface area contributed by atoms with Gasteiger partial charge in [-0.15, -0.1) is 0 Å². The van der Waals surface area contributed by atoms with E-state index in [0.717, 1.165) is 35.4 Å². The number of carbonyl (C=O) groups excluding carboxylic acids is 1.